The van der Waals surface area contributed by atoms with E-state index in [0.717, 1.165) is 0 Å². The molecule has 0 aromatic carbocycles. The maximum absolute atomic E-state index is 9.48. The van der Waals surface area contributed by atoms with Gasteiger partial charge in [-0.2, -0.15) is 0 Å². The van der Waals surface area contributed by atoms with E-state index in [0.29, 0.717) is 0 Å². The van der Waals surface area contributed by atoms with Crippen LogP contribution in [0.5, 0.6) is 0 Å². The van der Waals surface area contributed by atoms with Gasteiger partial charge in [0.1, 0.15) is 4.20 Å². The quantitative estimate of drug-likeness (QED) is 0.165. The minimum absolute atomic E-state index is 0. The summed E-state index contributed by atoms with van der Waals surface area (Å²) < 4.78 is 0.116. The summed E-state index contributed by atoms with van der Waals surface area (Å²) in [5, 5.41) is 9.48. The molecule has 3 nitrogen and oxygen atoms in total. The Labute approximate surface area is 152 Å². The van der Waals surface area contributed by atoms with Crippen molar-refractivity contribution < 1.29 is 111 Å². The average Bonchev–Trinajstić information content (AvgIpc) is 1.27. The SMILES string of the molecule is O=[N+]([O-])CC(=S)S.[H-].[H-].[K+].[K+]. The van der Waals surface area contributed by atoms with Crippen molar-refractivity contribution in [3.63, 3.8) is 0 Å². The normalized spacial score (nSPS) is 6.33. The van der Waals surface area contributed by atoms with Crippen LogP contribution in [0, 0.1) is 10.1 Å². The Morgan fingerprint density at radius 3 is 2.11 bits per heavy atom. The molecule has 0 aromatic rings. The molecule has 0 aliphatic rings. The zero-order valence-corrected chi connectivity index (χ0v) is 13.3. The van der Waals surface area contributed by atoms with E-state index < -0.39 is 4.92 Å². The Balaban J connectivity index is -0.0000000300. The summed E-state index contributed by atoms with van der Waals surface area (Å²) in [5.41, 5.74) is 0. The maximum atomic E-state index is 9.48. The van der Waals surface area contributed by atoms with Crippen molar-refractivity contribution in [2.75, 3.05) is 6.54 Å². The Hall–Kier alpha value is 3.11. The molecule has 0 bridgehead atoms. The first-order valence-corrected chi connectivity index (χ1v) is 2.32. The third kappa shape index (κ3) is 18.2. The van der Waals surface area contributed by atoms with E-state index >= 15 is 0 Å². The third-order valence-corrected chi connectivity index (χ3v) is 0.535. The summed E-state index contributed by atoms with van der Waals surface area (Å²) >= 11 is 7.82. The second-order valence-corrected chi connectivity index (χ2v) is 2.22. The second kappa shape index (κ2) is 11.1. The predicted octanol–water partition coefficient (Wildman–Crippen LogP) is -5.25. The van der Waals surface area contributed by atoms with Gasteiger partial charge in [0.15, 0.2) is 0 Å². The number of nitro groups is 1. The smallest absolute Gasteiger partial charge is 1.00 e. The van der Waals surface area contributed by atoms with Crippen LogP contribution in [0.25, 0.3) is 0 Å². The summed E-state index contributed by atoms with van der Waals surface area (Å²) in [5.74, 6) is 0. The van der Waals surface area contributed by atoms with E-state index in [4.69, 9.17) is 0 Å². The van der Waals surface area contributed by atoms with Gasteiger partial charge in [-0.3, -0.25) is 10.1 Å². The number of nitrogens with zero attached hydrogens (tertiary/aromatic N) is 1. The maximum Gasteiger partial charge on any atom is 1.00 e. The molecule has 0 rings (SSSR count). The van der Waals surface area contributed by atoms with Crippen molar-refractivity contribution in [3.05, 3.63) is 10.1 Å². The molecule has 0 saturated heterocycles. The molecule has 9 heavy (non-hydrogen) atoms. The number of thiocarbonyl (C=S) groups is 1. The van der Waals surface area contributed by atoms with Gasteiger partial charge >= 0.3 is 103 Å². The molecule has 44 valence electrons. The van der Waals surface area contributed by atoms with Crippen LogP contribution in [0.2, 0.25) is 0 Å². The molecule has 0 unspecified atom stereocenters. The molecule has 0 fully saturated rings. The van der Waals surface area contributed by atoms with Crippen LogP contribution in [-0.2, 0) is 0 Å². The molecular weight excluding hydrogens is 212 g/mol. The summed E-state index contributed by atoms with van der Waals surface area (Å²) in [7, 11) is 0. The number of hydrogen-bond acceptors (Lipinski definition) is 3. The standard InChI is InChI=1S/C2H3NO2S2.2K.2H/c4-3(5)1-2(6)7;;;;/h1H2,(H,6,7);;;;/q;2*+1;2*-1. The van der Waals surface area contributed by atoms with Crippen LogP contribution >= 0.6 is 24.8 Å². The van der Waals surface area contributed by atoms with Crippen molar-refractivity contribution in [1.82, 2.24) is 0 Å². The molecule has 0 aliphatic heterocycles. The molecule has 0 radical (unpaired) electrons. The molecule has 0 aliphatic carbocycles. The number of hydrogen-bond donors (Lipinski definition) is 1. The molecule has 0 amide bonds. The summed E-state index contributed by atoms with van der Waals surface area (Å²) in [4.78, 5) is 8.96. The van der Waals surface area contributed by atoms with Gasteiger partial charge in [0.2, 0.25) is 6.54 Å². The van der Waals surface area contributed by atoms with E-state index in [1.807, 2.05) is 0 Å². The van der Waals surface area contributed by atoms with E-state index in [1.54, 1.807) is 0 Å². The van der Waals surface area contributed by atoms with Crippen LogP contribution in [0.4, 0.5) is 0 Å². The fraction of sp³-hybridized carbons (Fsp3) is 0.500. The molecule has 0 N–H and O–H groups in total. The van der Waals surface area contributed by atoms with E-state index in [2.05, 4.69) is 24.8 Å². The van der Waals surface area contributed by atoms with E-state index in [-0.39, 0.29) is 116 Å². The predicted molar refractivity (Wildman–Crippen MR) is 35.7 cm³/mol. The number of rotatable bonds is 2. The molecule has 0 atom stereocenters. The Morgan fingerprint density at radius 2 is 2.11 bits per heavy atom. The summed E-state index contributed by atoms with van der Waals surface area (Å²) in [6.45, 7) is -0.321. The van der Waals surface area contributed by atoms with Gasteiger partial charge in [-0.1, -0.05) is 12.2 Å². The monoisotopic (exact) mass is 217 g/mol. The fourth-order valence-corrected chi connectivity index (χ4v) is 0.331. The Kier molecular flexibility index (Phi) is 22.2. The summed E-state index contributed by atoms with van der Waals surface area (Å²) in [6, 6.07) is 0. The first-order valence-electron chi connectivity index (χ1n) is 1.46. The van der Waals surface area contributed by atoms with E-state index in [9.17, 15) is 10.1 Å². The molecule has 0 spiro atoms. The fourth-order valence-electron chi connectivity index (χ4n) is 0.110. The average molecular weight is 217 g/mol. The topological polar surface area (TPSA) is 43.1 Å². The van der Waals surface area contributed by atoms with Gasteiger partial charge in [0.05, 0.1) is 0 Å². The number of thiol groups is 1. The first-order chi connectivity index (χ1) is 3.13. The first kappa shape index (κ1) is 18.0. The Bertz CT molecular complexity index is 104. The zero-order chi connectivity index (χ0) is 5.86. The van der Waals surface area contributed by atoms with Gasteiger partial charge in [0.25, 0.3) is 0 Å². The van der Waals surface area contributed by atoms with Crippen LogP contribution in [0.15, 0.2) is 0 Å². The minimum Gasteiger partial charge on any atom is -1.00 e. The molecule has 7 heteroatoms. The van der Waals surface area contributed by atoms with Crippen molar-refractivity contribution in [1.29, 1.82) is 0 Å². The van der Waals surface area contributed by atoms with Gasteiger partial charge in [-0.05, 0) is 0 Å². The van der Waals surface area contributed by atoms with Crippen molar-refractivity contribution in [2.24, 2.45) is 0 Å². The minimum atomic E-state index is -0.519. The van der Waals surface area contributed by atoms with Crippen LogP contribution in [0.1, 0.15) is 2.85 Å². The third-order valence-electron chi connectivity index (χ3n) is 0.264. The van der Waals surface area contributed by atoms with Gasteiger partial charge in [-0.25, -0.2) is 0 Å². The van der Waals surface area contributed by atoms with Crippen LogP contribution in [0.3, 0.4) is 0 Å². The molecule has 0 saturated carbocycles. The van der Waals surface area contributed by atoms with Crippen LogP contribution < -0.4 is 103 Å². The van der Waals surface area contributed by atoms with Gasteiger partial charge in [-0.15, -0.1) is 12.6 Å². The molecular formula is C2H5K2NO2S2. The zero-order valence-electron chi connectivity index (χ0n) is 7.33. The summed E-state index contributed by atoms with van der Waals surface area (Å²) in [6.07, 6.45) is 0. The van der Waals surface area contributed by atoms with Crippen molar-refractivity contribution >= 4 is 29.0 Å². The van der Waals surface area contributed by atoms with Crippen molar-refractivity contribution in [3.8, 4) is 0 Å². The van der Waals surface area contributed by atoms with Gasteiger partial charge < -0.3 is 2.85 Å². The largest absolute Gasteiger partial charge is 1.00 e. The molecule has 0 aromatic heterocycles. The Morgan fingerprint density at radius 1 is 1.78 bits per heavy atom. The van der Waals surface area contributed by atoms with E-state index in [1.165, 1.54) is 0 Å². The van der Waals surface area contributed by atoms with Gasteiger partial charge in [0, 0.05) is 4.92 Å². The molecule has 0 heterocycles. The van der Waals surface area contributed by atoms with Crippen molar-refractivity contribution in [2.45, 2.75) is 0 Å². The second-order valence-electron chi connectivity index (χ2n) is 0.885. The van der Waals surface area contributed by atoms with Crippen LogP contribution in [-0.4, -0.2) is 15.7 Å².